The van der Waals surface area contributed by atoms with E-state index in [1.807, 2.05) is 12.1 Å². The number of methoxy groups -OCH3 is 1. The minimum atomic E-state index is 0.0834. The van der Waals surface area contributed by atoms with Gasteiger partial charge in [0.05, 0.1) is 7.11 Å². The van der Waals surface area contributed by atoms with E-state index in [0.717, 1.165) is 43.1 Å². The summed E-state index contributed by atoms with van der Waals surface area (Å²) in [4.78, 5) is 18.8. The van der Waals surface area contributed by atoms with Gasteiger partial charge in [-0.2, -0.15) is 0 Å². The molecule has 0 saturated carbocycles. The zero-order valence-corrected chi connectivity index (χ0v) is 12.8. The molecule has 2 heterocycles. The molecule has 4 nitrogen and oxygen atoms in total. The Hall–Kier alpha value is -2.20. The van der Waals surface area contributed by atoms with Gasteiger partial charge in [0.15, 0.2) is 5.78 Å². The quantitative estimate of drug-likeness (QED) is 0.858. The van der Waals surface area contributed by atoms with E-state index in [4.69, 9.17) is 4.74 Å². The third-order valence-corrected chi connectivity index (χ3v) is 4.16. The monoisotopic (exact) mass is 296 g/mol. The Bertz CT molecular complexity index is 656. The van der Waals surface area contributed by atoms with Gasteiger partial charge in [0, 0.05) is 38.2 Å². The van der Waals surface area contributed by atoms with E-state index in [2.05, 4.69) is 28.6 Å². The lowest BCUT2D eigenvalue weighted by Crippen LogP contribution is -2.34. The molecule has 3 rings (SSSR count). The van der Waals surface area contributed by atoms with Crippen molar-refractivity contribution in [2.45, 2.75) is 19.4 Å². The van der Waals surface area contributed by atoms with Crippen molar-refractivity contribution in [2.24, 2.45) is 4.99 Å². The van der Waals surface area contributed by atoms with Crippen LogP contribution in [0.5, 0.6) is 5.75 Å². The van der Waals surface area contributed by atoms with Crippen LogP contribution in [0, 0.1) is 0 Å². The Kier molecular flexibility index (Phi) is 4.20. The second kappa shape index (κ2) is 6.28. The number of Topliss-reactive ketones (excluding diaryl/α,β-unsaturated/α-hetero) is 1. The van der Waals surface area contributed by atoms with E-state index < -0.39 is 0 Å². The molecule has 0 amide bonds. The molecule has 0 saturated heterocycles. The van der Waals surface area contributed by atoms with Crippen LogP contribution in [-0.4, -0.2) is 36.6 Å². The van der Waals surface area contributed by atoms with Crippen LogP contribution in [0.2, 0.25) is 0 Å². The van der Waals surface area contributed by atoms with E-state index in [9.17, 15) is 4.79 Å². The molecule has 22 heavy (non-hydrogen) atoms. The largest absolute Gasteiger partial charge is 0.497 e. The van der Waals surface area contributed by atoms with Crippen molar-refractivity contribution in [3.63, 3.8) is 0 Å². The van der Waals surface area contributed by atoms with Gasteiger partial charge in [0.2, 0.25) is 0 Å². The fraction of sp³-hybridized carbons (Fsp3) is 0.333. The molecular weight excluding hydrogens is 276 g/mol. The van der Waals surface area contributed by atoms with E-state index in [0.29, 0.717) is 12.1 Å². The van der Waals surface area contributed by atoms with Crippen molar-refractivity contribution in [3.8, 4) is 5.75 Å². The minimum absolute atomic E-state index is 0.0834. The van der Waals surface area contributed by atoms with Gasteiger partial charge < -0.3 is 4.74 Å². The first-order valence-electron chi connectivity index (χ1n) is 7.50. The highest BCUT2D eigenvalue weighted by atomic mass is 16.5. The molecule has 0 N–H and O–H groups in total. The van der Waals surface area contributed by atoms with Crippen LogP contribution in [-0.2, 0) is 11.3 Å². The molecule has 4 heteroatoms. The van der Waals surface area contributed by atoms with E-state index in [1.165, 1.54) is 5.56 Å². The fourth-order valence-corrected chi connectivity index (χ4v) is 2.95. The highest BCUT2D eigenvalue weighted by Gasteiger charge is 2.25. The predicted molar refractivity (Wildman–Crippen MR) is 87.2 cm³/mol. The summed E-state index contributed by atoms with van der Waals surface area (Å²) in [6, 6.07) is 8.13. The summed E-state index contributed by atoms with van der Waals surface area (Å²) in [6.45, 7) is 6.33. The topological polar surface area (TPSA) is 41.9 Å². The SMILES string of the molecule is C=CC1=NC2=C(CC1=O)CN(Cc1ccc(OC)cc1)CC2. The molecule has 0 bridgehead atoms. The van der Waals surface area contributed by atoms with Gasteiger partial charge in [-0.05, 0) is 29.3 Å². The molecule has 2 aliphatic rings. The lowest BCUT2D eigenvalue weighted by atomic mass is 9.95. The molecule has 0 aliphatic carbocycles. The number of hydrogen-bond donors (Lipinski definition) is 0. The Morgan fingerprint density at radius 2 is 2.14 bits per heavy atom. The molecule has 0 aromatic heterocycles. The maximum absolute atomic E-state index is 11.9. The van der Waals surface area contributed by atoms with Crippen molar-refractivity contribution >= 4 is 11.5 Å². The number of carbonyl (C=O) groups is 1. The summed E-state index contributed by atoms with van der Waals surface area (Å²) in [6.07, 6.45) is 2.95. The number of ketones is 1. The summed E-state index contributed by atoms with van der Waals surface area (Å²) < 4.78 is 5.18. The first kappa shape index (κ1) is 14.7. The van der Waals surface area contributed by atoms with Gasteiger partial charge in [-0.3, -0.25) is 9.69 Å². The first-order chi connectivity index (χ1) is 10.7. The van der Waals surface area contributed by atoms with Gasteiger partial charge in [0.1, 0.15) is 11.5 Å². The average Bonchev–Trinajstić information content (AvgIpc) is 2.55. The lowest BCUT2D eigenvalue weighted by Gasteiger charge is -2.31. The number of ether oxygens (including phenoxy) is 1. The van der Waals surface area contributed by atoms with Crippen LogP contribution in [0.4, 0.5) is 0 Å². The van der Waals surface area contributed by atoms with Gasteiger partial charge in [-0.1, -0.05) is 18.7 Å². The second-order valence-corrected chi connectivity index (χ2v) is 5.66. The average molecular weight is 296 g/mol. The molecule has 1 aromatic carbocycles. The summed E-state index contributed by atoms with van der Waals surface area (Å²) in [5.74, 6) is 0.955. The van der Waals surface area contributed by atoms with E-state index in [1.54, 1.807) is 13.2 Å². The Morgan fingerprint density at radius 3 is 2.82 bits per heavy atom. The second-order valence-electron chi connectivity index (χ2n) is 5.66. The Labute approximate surface area is 130 Å². The number of aliphatic imine (C=N–C) groups is 1. The Morgan fingerprint density at radius 1 is 1.36 bits per heavy atom. The molecule has 114 valence electrons. The van der Waals surface area contributed by atoms with Crippen LogP contribution < -0.4 is 4.74 Å². The van der Waals surface area contributed by atoms with Crippen LogP contribution >= 0.6 is 0 Å². The lowest BCUT2D eigenvalue weighted by molar-refractivity contribution is -0.112. The molecule has 0 unspecified atom stereocenters. The minimum Gasteiger partial charge on any atom is -0.497 e. The molecule has 0 fully saturated rings. The standard InChI is InChI=1S/C18H20N2O2/c1-3-16-18(21)10-14-12-20(9-8-17(14)19-16)11-13-4-6-15(22-2)7-5-13/h3-7H,1,8-12H2,2H3. The Balaban J connectivity index is 1.69. The zero-order valence-electron chi connectivity index (χ0n) is 12.8. The van der Waals surface area contributed by atoms with Crippen molar-refractivity contribution in [3.05, 3.63) is 53.8 Å². The molecular formula is C18H20N2O2. The summed E-state index contributed by atoms with van der Waals surface area (Å²) in [5.41, 5.74) is 4.01. The highest BCUT2D eigenvalue weighted by molar-refractivity contribution is 6.45. The molecule has 0 spiro atoms. The van der Waals surface area contributed by atoms with Gasteiger partial charge >= 0.3 is 0 Å². The number of nitrogens with zero attached hydrogens (tertiary/aromatic N) is 2. The third-order valence-electron chi connectivity index (χ3n) is 4.16. The van der Waals surface area contributed by atoms with E-state index >= 15 is 0 Å². The van der Waals surface area contributed by atoms with Gasteiger partial charge in [-0.25, -0.2) is 4.99 Å². The van der Waals surface area contributed by atoms with Crippen LogP contribution in [0.15, 0.2) is 53.2 Å². The van der Waals surface area contributed by atoms with Crippen molar-refractivity contribution < 1.29 is 9.53 Å². The highest BCUT2D eigenvalue weighted by Crippen LogP contribution is 2.27. The molecule has 0 atom stereocenters. The van der Waals surface area contributed by atoms with Crippen molar-refractivity contribution in [1.82, 2.24) is 4.90 Å². The number of hydrogen-bond acceptors (Lipinski definition) is 4. The number of carbonyl (C=O) groups excluding carboxylic acids is 1. The number of benzene rings is 1. The smallest absolute Gasteiger partial charge is 0.185 e. The summed E-state index contributed by atoms with van der Waals surface area (Å²) >= 11 is 0. The van der Waals surface area contributed by atoms with Crippen molar-refractivity contribution in [2.75, 3.05) is 20.2 Å². The normalized spacial score (nSPS) is 18.8. The molecule has 0 radical (unpaired) electrons. The van der Waals surface area contributed by atoms with Crippen LogP contribution in [0.1, 0.15) is 18.4 Å². The molecule has 2 aliphatic heterocycles. The zero-order chi connectivity index (χ0) is 15.5. The number of rotatable bonds is 4. The maximum atomic E-state index is 11.9. The maximum Gasteiger partial charge on any atom is 0.185 e. The molecule has 1 aromatic rings. The fourth-order valence-electron chi connectivity index (χ4n) is 2.95. The van der Waals surface area contributed by atoms with Crippen LogP contribution in [0.25, 0.3) is 0 Å². The van der Waals surface area contributed by atoms with Crippen molar-refractivity contribution in [1.29, 1.82) is 0 Å². The first-order valence-corrected chi connectivity index (χ1v) is 7.50. The third kappa shape index (κ3) is 3.02. The number of allylic oxidation sites excluding steroid dienone is 1. The predicted octanol–water partition coefficient (Wildman–Crippen LogP) is 2.75. The summed E-state index contributed by atoms with van der Waals surface area (Å²) in [7, 11) is 1.67. The van der Waals surface area contributed by atoms with E-state index in [-0.39, 0.29) is 5.78 Å². The van der Waals surface area contributed by atoms with Gasteiger partial charge in [0.25, 0.3) is 0 Å². The van der Waals surface area contributed by atoms with Gasteiger partial charge in [-0.15, -0.1) is 0 Å². The summed E-state index contributed by atoms with van der Waals surface area (Å²) in [5, 5.41) is 0. The van der Waals surface area contributed by atoms with Crippen LogP contribution in [0.3, 0.4) is 0 Å².